The summed E-state index contributed by atoms with van der Waals surface area (Å²) in [5.74, 6) is 0.480. The van der Waals surface area contributed by atoms with Crippen molar-refractivity contribution in [3.63, 3.8) is 0 Å². The van der Waals surface area contributed by atoms with Gasteiger partial charge in [0.25, 0.3) is 5.56 Å². The van der Waals surface area contributed by atoms with Crippen LogP contribution in [-0.4, -0.2) is 25.7 Å². The van der Waals surface area contributed by atoms with Crippen molar-refractivity contribution < 1.29 is 9.21 Å². The topological polar surface area (TPSA) is 123 Å². The SMILES string of the molecule is CC(C)c1nnc(C(C)NC(=O)Cn2ccc(=O)[nH]c2=O)o1. The van der Waals surface area contributed by atoms with Crippen molar-refractivity contribution in [2.24, 2.45) is 0 Å². The summed E-state index contributed by atoms with van der Waals surface area (Å²) in [4.78, 5) is 36.4. The Kier molecular flexibility index (Phi) is 4.54. The van der Waals surface area contributed by atoms with Gasteiger partial charge < -0.3 is 9.73 Å². The zero-order valence-corrected chi connectivity index (χ0v) is 12.5. The molecule has 118 valence electrons. The fourth-order valence-corrected chi connectivity index (χ4v) is 1.73. The quantitative estimate of drug-likeness (QED) is 0.796. The van der Waals surface area contributed by atoms with Crippen LogP contribution in [0, 0.1) is 0 Å². The number of nitrogens with one attached hydrogen (secondary N) is 2. The number of nitrogens with zero attached hydrogens (tertiary/aromatic N) is 3. The van der Waals surface area contributed by atoms with Crippen molar-refractivity contribution >= 4 is 5.91 Å². The summed E-state index contributed by atoms with van der Waals surface area (Å²) >= 11 is 0. The molecule has 1 amide bonds. The van der Waals surface area contributed by atoms with Gasteiger partial charge in [-0.2, -0.15) is 0 Å². The standard InChI is InChI=1S/C13H17N5O4/c1-7(2)11-16-17-12(22-11)8(3)14-10(20)6-18-5-4-9(19)15-13(18)21/h4-5,7-8H,6H2,1-3H3,(H,14,20)(H,15,19,21). The fourth-order valence-electron chi connectivity index (χ4n) is 1.73. The summed E-state index contributed by atoms with van der Waals surface area (Å²) in [6.07, 6.45) is 1.26. The van der Waals surface area contributed by atoms with E-state index < -0.39 is 23.2 Å². The van der Waals surface area contributed by atoms with Gasteiger partial charge in [-0.25, -0.2) is 4.79 Å². The number of carbonyl (C=O) groups excluding carboxylic acids is 1. The lowest BCUT2D eigenvalue weighted by molar-refractivity contribution is -0.122. The Labute approximate surface area is 125 Å². The van der Waals surface area contributed by atoms with Crippen LogP contribution < -0.4 is 16.6 Å². The molecule has 0 radical (unpaired) electrons. The normalized spacial score (nSPS) is 12.4. The van der Waals surface area contributed by atoms with Crippen molar-refractivity contribution in [2.75, 3.05) is 0 Å². The second-order valence-electron chi connectivity index (χ2n) is 5.16. The second-order valence-corrected chi connectivity index (χ2v) is 5.16. The number of aromatic amines is 1. The van der Waals surface area contributed by atoms with E-state index >= 15 is 0 Å². The molecule has 9 nitrogen and oxygen atoms in total. The van der Waals surface area contributed by atoms with Crippen molar-refractivity contribution in [1.29, 1.82) is 0 Å². The summed E-state index contributed by atoms with van der Waals surface area (Å²) in [5, 5.41) is 10.4. The predicted molar refractivity (Wildman–Crippen MR) is 76.3 cm³/mol. The van der Waals surface area contributed by atoms with Gasteiger partial charge in [0.1, 0.15) is 12.6 Å². The molecule has 22 heavy (non-hydrogen) atoms. The monoisotopic (exact) mass is 307 g/mol. The zero-order valence-electron chi connectivity index (χ0n) is 12.5. The zero-order chi connectivity index (χ0) is 16.3. The first-order valence-electron chi connectivity index (χ1n) is 6.79. The lowest BCUT2D eigenvalue weighted by atomic mass is 10.2. The van der Waals surface area contributed by atoms with Gasteiger partial charge in [-0.3, -0.25) is 19.1 Å². The number of aromatic nitrogens is 4. The van der Waals surface area contributed by atoms with Crippen LogP contribution >= 0.6 is 0 Å². The van der Waals surface area contributed by atoms with Crippen molar-refractivity contribution in [1.82, 2.24) is 25.1 Å². The summed E-state index contributed by atoms with van der Waals surface area (Å²) in [6, 6.07) is 0.691. The molecule has 2 aromatic rings. The fraction of sp³-hybridized carbons (Fsp3) is 0.462. The molecule has 0 fully saturated rings. The maximum Gasteiger partial charge on any atom is 0.328 e. The Bertz CT molecular complexity index is 773. The Balaban J connectivity index is 2.01. The van der Waals surface area contributed by atoms with E-state index in [0.717, 1.165) is 4.57 Å². The van der Waals surface area contributed by atoms with Gasteiger partial charge in [0, 0.05) is 18.2 Å². The molecule has 0 saturated heterocycles. The highest BCUT2D eigenvalue weighted by atomic mass is 16.4. The van der Waals surface area contributed by atoms with E-state index in [1.54, 1.807) is 6.92 Å². The van der Waals surface area contributed by atoms with Gasteiger partial charge in [-0.1, -0.05) is 13.8 Å². The molecule has 0 bridgehead atoms. The number of rotatable bonds is 5. The van der Waals surface area contributed by atoms with E-state index in [9.17, 15) is 14.4 Å². The van der Waals surface area contributed by atoms with Crippen LogP contribution in [-0.2, 0) is 11.3 Å². The number of amides is 1. The van der Waals surface area contributed by atoms with E-state index in [0.29, 0.717) is 11.8 Å². The molecule has 0 spiro atoms. The van der Waals surface area contributed by atoms with E-state index in [1.165, 1.54) is 12.3 Å². The van der Waals surface area contributed by atoms with Gasteiger partial charge in [-0.05, 0) is 6.92 Å². The van der Waals surface area contributed by atoms with Crippen molar-refractivity contribution in [2.45, 2.75) is 39.3 Å². The average molecular weight is 307 g/mol. The molecule has 2 heterocycles. The molecule has 0 aliphatic rings. The third kappa shape index (κ3) is 3.68. The van der Waals surface area contributed by atoms with Gasteiger partial charge in [0.15, 0.2) is 0 Å². The Morgan fingerprint density at radius 1 is 1.32 bits per heavy atom. The van der Waals surface area contributed by atoms with Crippen LogP contribution in [0.15, 0.2) is 26.3 Å². The molecule has 0 aliphatic carbocycles. The molecule has 1 unspecified atom stereocenters. The third-order valence-electron chi connectivity index (χ3n) is 2.91. The highest BCUT2D eigenvalue weighted by Gasteiger charge is 2.17. The number of carbonyl (C=O) groups is 1. The second kappa shape index (κ2) is 6.37. The lowest BCUT2D eigenvalue weighted by Crippen LogP contribution is -2.36. The van der Waals surface area contributed by atoms with Gasteiger partial charge >= 0.3 is 5.69 Å². The summed E-state index contributed by atoms with van der Waals surface area (Å²) in [6.45, 7) is 5.32. The summed E-state index contributed by atoms with van der Waals surface area (Å²) in [7, 11) is 0. The van der Waals surface area contributed by atoms with E-state index in [4.69, 9.17) is 4.42 Å². The maximum absolute atomic E-state index is 11.9. The molecule has 2 N–H and O–H groups in total. The third-order valence-corrected chi connectivity index (χ3v) is 2.91. The molecule has 2 rings (SSSR count). The minimum absolute atomic E-state index is 0.101. The minimum atomic E-state index is -0.643. The van der Waals surface area contributed by atoms with Gasteiger partial charge in [0.05, 0.1) is 0 Å². The summed E-state index contributed by atoms with van der Waals surface area (Å²) in [5.41, 5.74) is -1.16. The largest absolute Gasteiger partial charge is 0.423 e. The number of hydrogen-bond donors (Lipinski definition) is 2. The van der Waals surface area contributed by atoms with Gasteiger partial charge in [0.2, 0.25) is 17.7 Å². The maximum atomic E-state index is 11.9. The van der Waals surface area contributed by atoms with Crippen LogP contribution in [0.25, 0.3) is 0 Å². The molecule has 2 aromatic heterocycles. The predicted octanol–water partition coefficient (Wildman–Crippen LogP) is -0.0796. The van der Waals surface area contributed by atoms with E-state index in [1.807, 2.05) is 13.8 Å². The van der Waals surface area contributed by atoms with E-state index in [-0.39, 0.29) is 12.5 Å². The highest BCUT2D eigenvalue weighted by molar-refractivity contribution is 5.76. The Morgan fingerprint density at radius 3 is 2.59 bits per heavy atom. The smallest absolute Gasteiger partial charge is 0.328 e. The van der Waals surface area contributed by atoms with Crippen molar-refractivity contribution in [3.05, 3.63) is 44.9 Å². The first kappa shape index (κ1) is 15.7. The van der Waals surface area contributed by atoms with Crippen LogP contribution in [0.3, 0.4) is 0 Å². The molecule has 0 saturated carbocycles. The molecule has 1 atom stereocenters. The van der Waals surface area contributed by atoms with Crippen LogP contribution in [0.4, 0.5) is 0 Å². The molecule has 9 heteroatoms. The van der Waals surface area contributed by atoms with Crippen LogP contribution in [0.2, 0.25) is 0 Å². The number of H-pyrrole nitrogens is 1. The highest BCUT2D eigenvalue weighted by Crippen LogP contribution is 2.16. The first-order valence-corrected chi connectivity index (χ1v) is 6.79. The average Bonchev–Trinajstić information content (AvgIpc) is 2.92. The van der Waals surface area contributed by atoms with Crippen molar-refractivity contribution in [3.8, 4) is 0 Å². The van der Waals surface area contributed by atoms with Crippen LogP contribution in [0.1, 0.15) is 44.5 Å². The number of hydrogen-bond acceptors (Lipinski definition) is 6. The molecular weight excluding hydrogens is 290 g/mol. The lowest BCUT2D eigenvalue weighted by Gasteiger charge is -2.10. The Morgan fingerprint density at radius 2 is 2.00 bits per heavy atom. The Hall–Kier alpha value is -2.71. The summed E-state index contributed by atoms with van der Waals surface area (Å²) < 4.78 is 6.54. The molecule has 0 aliphatic heterocycles. The minimum Gasteiger partial charge on any atom is -0.423 e. The van der Waals surface area contributed by atoms with E-state index in [2.05, 4.69) is 20.5 Å². The first-order chi connectivity index (χ1) is 10.4. The molecular formula is C13H17N5O4. The van der Waals surface area contributed by atoms with Crippen LogP contribution in [0.5, 0.6) is 0 Å². The molecule has 0 aromatic carbocycles. The van der Waals surface area contributed by atoms with Gasteiger partial charge in [-0.15, -0.1) is 10.2 Å².